The summed E-state index contributed by atoms with van der Waals surface area (Å²) in [5.41, 5.74) is 1.78. The van der Waals surface area contributed by atoms with Crippen LogP contribution in [0.15, 0.2) is 52.9 Å². The minimum atomic E-state index is 0.219. The van der Waals surface area contributed by atoms with Crippen LogP contribution < -0.4 is 9.47 Å². The van der Waals surface area contributed by atoms with Crippen LogP contribution >= 0.6 is 0 Å². The van der Waals surface area contributed by atoms with E-state index in [1.54, 1.807) is 0 Å². The number of rotatable bonds is 6. The highest BCUT2D eigenvalue weighted by Gasteiger charge is 2.23. The second-order valence-corrected chi connectivity index (χ2v) is 6.55. The maximum atomic E-state index is 6.19. The fraction of sp³-hybridized carbons (Fsp3) is 0.381. The highest BCUT2D eigenvalue weighted by atomic mass is 16.5. The van der Waals surface area contributed by atoms with Crippen LogP contribution in [0.25, 0.3) is 11.1 Å². The van der Waals surface area contributed by atoms with Crippen molar-refractivity contribution < 1.29 is 13.9 Å². The Bertz CT molecular complexity index is 820. The van der Waals surface area contributed by atoms with E-state index in [0.717, 1.165) is 61.0 Å². The molecule has 0 atom stereocenters. The molecule has 4 rings (SSSR count). The number of fused-ring (bicyclic) bond motifs is 1. The third-order valence-electron chi connectivity index (χ3n) is 4.67. The van der Waals surface area contributed by atoms with Gasteiger partial charge in [-0.15, -0.1) is 0 Å². The lowest BCUT2D eigenvalue weighted by Crippen LogP contribution is -2.37. The van der Waals surface area contributed by atoms with E-state index in [1.807, 2.05) is 55.5 Å². The van der Waals surface area contributed by atoms with E-state index in [2.05, 4.69) is 9.88 Å². The fourth-order valence-electron chi connectivity index (χ4n) is 3.37. The summed E-state index contributed by atoms with van der Waals surface area (Å²) in [5, 5.41) is 0. The van der Waals surface area contributed by atoms with Gasteiger partial charge in [0.05, 0.1) is 13.2 Å². The molecular weight excluding hydrogens is 328 g/mol. The SMILES string of the molecule is CCOc1ccccc1OC1CCN(Cc2nc3ccccc3o2)CC1. The molecule has 5 heteroatoms. The van der Waals surface area contributed by atoms with Gasteiger partial charge in [-0.1, -0.05) is 24.3 Å². The van der Waals surface area contributed by atoms with Crippen LogP contribution in [0.3, 0.4) is 0 Å². The van der Waals surface area contributed by atoms with Gasteiger partial charge in [0.1, 0.15) is 11.6 Å². The Labute approximate surface area is 153 Å². The Hall–Kier alpha value is -2.53. The maximum Gasteiger partial charge on any atom is 0.209 e. The molecule has 1 fully saturated rings. The minimum Gasteiger partial charge on any atom is -0.490 e. The predicted octanol–water partition coefficient (Wildman–Crippen LogP) is 4.27. The van der Waals surface area contributed by atoms with Gasteiger partial charge in [0.15, 0.2) is 17.1 Å². The number of aromatic nitrogens is 1. The van der Waals surface area contributed by atoms with Crippen molar-refractivity contribution in [2.45, 2.75) is 32.4 Å². The highest BCUT2D eigenvalue weighted by Crippen LogP contribution is 2.29. The molecule has 136 valence electrons. The van der Waals surface area contributed by atoms with Crippen LogP contribution in [0, 0.1) is 0 Å². The first kappa shape index (κ1) is 16.9. The third-order valence-corrected chi connectivity index (χ3v) is 4.67. The number of likely N-dealkylation sites (tertiary alicyclic amines) is 1. The number of ether oxygens (including phenoxy) is 2. The lowest BCUT2D eigenvalue weighted by molar-refractivity contribution is 0.0893. The Balaban J connectivity index is 1.33. The molecule has 0 amide bonds. The van der Waals surface area contributed by atoms with Crippen molar-refractivity contribution in [2.24, 2.45) is 0 Å². The predicted molar refractivity (Wildman–Crippen MR) is 101 cm³/mol. The van der Waals surface area contributed by atoms with Gasteiger partial charge in [0.2, 0.25) is 5.89 Å². The molecule has 0 aliphatic carbocycles. The fourth-order valence-corrected chi connectivity index (χ4v) is 3.37. The first-order valence-corrected chi connectivity index (χ1v) is 9.27. The number of hydrogen-bond acceptors (Lipinski definition) is 5. The van der Waals surface area contributed by atoms with Crippen molar-refractivity contribution in [1.29, 1.82) is 0 Å². The van der Waals surface area contributed by atoms with E-state index in [0.29, 0.717) is 6.61 Å². The molecule has 3 aromatic rings. The van der Waals surface area contributed by atoms with Gasteiger partial charge in [-0.25, -0.2) is 4.98 Å². The van der Waals surface area contributed by atoms with Crippen LogP contribution in [-0.2, 0) is 6.54 Å². The topological polar surface area (TPSA) is 47.7 Å². The van der Waals surface area contributed by atoms with E-state index in [-0.39, 0.29) is 6.10 Å². The molecule has 2 heterocycles. The molecular formula is C21H24N2O3. The molecule has 26 heavy (non-hydrogen) atoms. The second kappa shape index (κ2) is 7.79. The molecule has 0 spiro atoms. The van der Waals surface area contributed by atoms with Crippen molar-refractivity contribution in [3.8, 4) is 11.5 Å². The van der Waals surface area contributed by atoms with Gasteiger partial charge in [0.25, 0.3) is 0 Å². The van der Waals surface area contributed by atoms with Crippen LogP contribution in [0.5, 0.6) is 11.5 Å². The largest absolute Gasteiger partial charge is 0.490 e. The molecule has 0 N–H and O–H groups in total. The quantitative estimate of drug-likeness (QED) is 0.663. The molecule has 1 saturated heterocycles. The number of hydrogen-bond donors (Lipinski definition) is 0. The van der Waals surface area contributed by atoms with Gasteiger partial charge >= 0.3 is 0 Å². The average Bonchev–Trinajstić information content (AvgIpc) is 3.07. The van der Waals surface area contributed by atoms with Crippen molar-refractivity contribution in [2.75, 3.05) is 19.7 Å². The van der Waals surface area contributed by atoms with E-state index in [1.165, 1.54) is 0 Å². The number of benzene rings is 2. The van der Waals surface area contributed by atoms with Gasteiger partial charge in [0, 0.05) is 13.1 Å². The molecule has 1 aliphatic heterocycles. The van der Waals surface area contributed by atoms with Crippen molar-refractivity contribution in [3.63, 3.8) is 0 Å². The summed E-state index contributed by atoms with van der Waals surface area (Å²) in [7, 11) is 0. The normalized spacial score (nSPS) is 16.0. The molecule has 0 unspecified atom stereocenters. The van der Waals surface area contributed by atoms with Crippen LogP contribution in [-0.4, -0.2) is 35.7 Å². The standard InChI is InChI=1S/C21H24N2O3/c1-2-24-19-9-5-6-10-20(19)25-16-11-13-23(14-12-16)15-21-22-17-7-3-4-8-18(17)26-21/h3-10,16H,2,11-15H2,1H3. The van der Waals surface area contributed by atoms with Crippen LogP contribution in [0.1, 0.15) is 25.7 Å². The summed E-state index contributed by atoms with van der Waals surface area (Å²) in [4.78, 5) is 6.94. The van der Waals surface area contributed by atoms with Gasteiger partial charge in [-0.3, -0.25) is 4.90 Å². The van der Waals surface area contributed by atoms with Crippen molar-refractivity contribution in [3.05, 3.63) is 54.4 Å². The smallest absolute Gasteiger partial charge is 0.209 e. The van der Waals surface area contributed by atoms with E-state index < -0.39 is 0 Å². The number of para-hydroxylation sites is 4. The Morgan fingerprint density at radius 1 is 1.04 bits per heavy atom. The summed E-state index contributed by atoms with van der Waals surface area (Å²) < 4.78 is 17.7. The Morgan fingerprint density at radius 3 is 2.54 bits per heavy atom. The molecule has 0 bridgehead atoms. The van der Waals surface area contributed by atoms with Crippen LogP contribution in [0.2, 0.25) is 0 Å². The average molecular weight is 352 g/mol. The molecule has 1 aromatic heterocycles. The third kappa shape index (κ3) is 3.83. The zero-order valence-corrected chi connectivity index (χ0v) is 15.1. The molecule has 2 aromatic carbocycles. The lowest BCUT2D eigenvalue weighted by Gasteiger charge is -2.31. The van der Waals surface area contributed by atoms with Crippen molar-refractivity contribution in [1.82, 2.24) is 9.88 Å². The van der Waals surface area contributed by atoms with Crippen molar-refractivity contribution >= 4 is 11.1 Å². The summed E-state index contributed by atoms with van der Waals surface area (Å²) >= 11 is 0. The van der Waals surface area contributed by atoms with E-state index >= 15 is 0 Å². The zero-order valence-electron chi connectivity index (χ0n) is 15.1. The second-order valence-electron chi connectivity index (χ2n) is 6.55. The first-order valence-electron chi connectivity index (χ1n) is 9.27. The first-order chi connectivity index (χ1) is 12.8. The molecule has 5 nitrogen and oxygen atoms in total. The number of piperidine rings is 1. The monoisotopic (exact) mass is 352 g/mol. The summed E-state index contributed by atoms with van der Waals surface area (Å²) in [6.07, 6.45) is 2.19. The summed E-state index contributed by atoms with van der Waals surface area (Å²) in [5.74, 6) is 2.45. The van der Waals surface area contributed by atoms with E-state index in [9.17, 15) is 0 Å². The number of nitrogens with zero attached hydrogens (tertiary/aromatic N) is 2. The number of oxazole rings is 1. The van der Waals surface area contributed by atoms with Gasteiger partial charge < -0.3 is 13.9 Å². The van der Waals surface area contributed by atoms with Gasteiger partial charge in [-0.2, -0.15) is 0 Å². The molecule has 0 radical (unpaired) electrons. The molecule has 1 aliphatic rings. The lowest BCUT2D eigenvalue weighted by atomic mass is 10.1. The van der Waals surface area contributed by atoms with Crippen LogP contribution in [0.4, 0.5) is 0 Å². The minimum absolute atomic E-state index is 0.219. The molecule has 0 saturated carbocycles. The summed E-state index contributed by atoms with van der Waals surface area (Å²) in [6, 6.07) is 15.8. The Morgan fingerprint density at radius 2 is 1.77 bits per heavy atom. The zero-order chi connectivity index (χ0) is 17.8. The Kier molecular flexibility index (Phi) is 5.07. The van der Waals surface area contributed by atoms with E-state index in [4.69, 9.17) is 13.9 Å². The summed E-state index contributed by atoms with van der Waals surface area (Å²) in [6.45, 7) is 5.32. The maximum absolute atomic E-state index is 6.19. The van der Waals surface area contributed by atoms with Gasteiger partial charge in [-0.05, 0) is 44.0 Å². The highest BCUT2D eigenvalue weighted by molar-refractivity contribution is 5.72.